The molecule has 0 amide bonds. The molecular formula is C24H26N2O12. The number of hydrogen-bond acceptors (Lipinski definition) is 14. The minimum atomic E-state index is -1.52. The number of esters is 4. The molecule has 0 aliphatic carbocycles. The zero-order chi connectivity index (χ0) is 28.1. The van der Waals surface area contributed by atoms with E-state index in [1.165, 1.54) is 38.4 Å². The highest BCUT2D eigenvalue weighted by atomic mass is 16.5. The van der Waals surface area contributed by atoms with Crippen molar-refractivity contribution in [2.24, 2.45) is 10.9 Å². The van der Waals surface area contributed by atoms with Crippen LogP contribution >= 0.6 is 0 Å². The first kappa shape index (κ1) is 27.8. The summed E-state index contributed by atoms with van der Waals surface area (Å²) in [6, 6.07) is 1.26. The van der Waals surface area contributed by atoms with Crippen LogP contribution < -0.4 is 14.4 Å². The van der Waals surface area contributed by atoms with Crippen molar-refractivity contribution < 1.29 is 57.1 Å². The molecule has 0 radical (unpaired) electrons. The summed E-state index contributed by atoms with van der Waals surface area (Å²) in [7, 11) is 8.44. The van der Waals surface area contributed by atoms with Crippen molar-refractivity contribution in [2.75, 3.05) is 61.4 Å². The Bertz CT molecular complexity index is 1260. The number of ether oxygens (including phenoxy) is 8. The number of aliphatic imine (C=N–C) groups is 1. The monoisotopic (exact) mass is 534 g/mol. The Labute approximate surface area is 217 Å². The van der Waals surface area contributed by atoms with Crippen LogP contribution in [0.3, 0.4) is 0 Å². The quantitative estimate of drug-likeness (QED) is 0.363. The molecular weight excluding hydrogens is 508 g/mol. The Morgan fingerprint density at radius 1 is 0.868 bits per heavy atom. The summed E-state index contributed by atoms with van der Waals surface area (Å²) in [5.41, 5.74) is -0.726. The van der Waals surface area contributed by atoms with Gasteiger partial charge in [0, 0.05) is 0 Å². The number of benzene rings is 1. The van der Waals surface area contributed by atoms with E-state index in [0.29, 0.717) is 0 Å². The number of methoxy groups -OCH3 is 7. The Balaban J connectivity index is 2.44. The van der Waals surface area contributed by atoms with Crippen LogP contribution in [-0.4, -0.2) is 86.2 Å². The van der Waals surface area contributed by atoms with Crippen LogP contribution in [0.15, 0.2) is 34.4 Å². The minimum absolute atomic E-state index is 0.00812. The molecule has 204 valence electrons. The highest BCUT2D eigenvalue weighted by Gasteiger charge is 2.45. The number of hydrogen-bond donors (Lipinski definition) is 0. The van der Waals surface area contributed by atoms with Gasteiger partial charge in [-0.25, -0.2) is 14.4 Å². The fraction of sp³-hybridized carbons (Fsp3) is 0.375. The van der Waals surface area contributed by atoms with E-state index >= 15 is 0 Å². The molecule has 0 bridgehead atoms. The molecule has 0 fully saturated rings. The van der Waals surface area contributed by atoms with Crippen molar-refractivity contribution in [3.05, 3.63) is 40.5 Å². The largest absolute Gasteiger partial charge is 0.493 e. The minimum Gasteiger partial charge on any atom is -0.493 e. The third kappa shape index (κ3) is 4.67. The SMILES string of the molecule is COC(=O)C1=CC(OC)=C(OC)N=C(N2COc3c(OC)cc(C(=O)OC)c(C(=O)OC)c32)C1C(=O)OC. The van der Waals surface area contributed by atoms with E-state index in [4.69, 9.17) is 37.9 Å². The highest BCUT2D eigenvalue weighted by Crippen LogP contribution is 2.48. The number of rotatable bonds is 7. The van der Waals surface area contributed by atoms with Gasteiger partial charge in [-0.3, -0.25) is 9.69 Å². The normalized spacial score (nSPS) is 16.2. The van der Waals surface area contributed by atoms with Crippen molar-refractivity contribution in [1.82, 2.24) is 0 Å². The van der Waals surface area contributed by atoms with Crippen LogP contribution in [0.4, 0.5) is 5.69 Å². The van der Waals surface area contributed by atoms with Crippen LogP contribution in [0.5, 0.6) is 11.5 Å². The molecule has 0 saturated carbocycles. The first-order valence-corrected chi connectivity index (χ1v) is 10.8. The predicted molar refractivity (Wildman–Crippen MR) is 128 cm³/mol. The smallest absolute Gasteiger partial charge is 0.341 e. The lowest BCUT2D eigenvalue weighted by Crippen LogP contribution is -2.42. The van der Waals surface area contributed by atoms with Crippen LogP contribution in [0.2, 0.25) is 0 Å². The lowest BCUT2D eigenvalue weighted by Gasteiger charge is -2.26. The standard InChI is InChI=1S/C24H26N2O12/c1-31-13-8-11(21(27)34-4)15(23(29)36-6)17-18(13)38-10-26(17)19-16(24(30)37-7)12(22(28)35-5)9-14(32-2)20(25-19)33-3/h8-9,16H,10H2,1-7H3. The van der Waals surface area contributed by atoms with E-state index in [2.05, 4.69) is 4.99 Å². The molecule has 14 heteroatoms. The van der Waals surface area contributed by atoms with Crippen molar-refractivity contribution in [3.63, 3.8) is 0 Å². The Morgan fingerprint density at radius 2 is 1.53 bits per heavy atom. The Morgan fingerprint density at radius 3 is 2.05 bits per heavy atom. The third-order valence-electron chi connectivity index (χ3n) is 5.67. The van der Waals surface area contributed by atoms with Gasteiger partial charge in [-0.2, -0.15) is 4.99 Å². The second kappa shape index (κ2) is 11.5. The lowest BCUT2D eigenvalue weighted by molar-refractivity contribution is -0.145. The van der Waals surface area contributed by atoms with Gasteiger partial charge in [-0.05, 0) is 12.1 Å². The van der Waals surface area contributed by atoms with Crippen LogP contribution in [0.25, 0.3) is 0 Å². The summed E-state index contributed by atoms with van der Waals surface area (Å²) in [5, 5.41) is 0. The van der Waals surface area contributed by atoms with Gasteiger partial charge >= 0.3 is 23.9 Å². The maximum Gasteiger partial charge on any atom is 0.341 e. The molecule has 0 spiro atoms. The van der Waals surface area contributed by atoms with E-state index in [0.717, 1.165) is 28.4 Å². The average Bonchev–Trinajstić information content (AvgIpc) is 3.31. The van der Waals surface area contributed by atoms with E-state index in [1.54, 1.807) is 0 Å². The highest BCUT2D eigenvalue weighted by molar-refractivity contribution is 6.20. The van der Waals surface area contributed by atoms with Crippen LogP contribution in [0.1, 0.15) is 20.7 Å². The molecule has 0 aromatic heterocycles. The molecule has 14 nitrogen and oxygen atoms in total. The second-order valence-electron chi connectivity index (χ2n) is 7.46. The third-order valence-corrected chi connectivity index (χ3v) is 5.67. The number of fused-ring (bicyclic) bond motifs is 1. The molecule has 38 heavy (non-hydrogen) atoms. The number of carbonyl (C=O) groups is 4. The summed E-state index contributed by atoms with van der Waals surface area (Å²) in [4.78, 5) is 57.4. The number of amidine groups is 1. The van der Waals surface area contributed by atoms with Crippen molar-refractivity contribution in [1.29, 1.82) is 0 Å². The fourth-order valence-corrected chi connectivity index (χ4v) is 3.93. The first-order chi connectivity index (χ1) is 18.2. The number of carbonyl (C=O) groups excluding carboxylic acids is 4. The van der Waals surface area contributed by atoms with Gasteiger partial charge in [-0.15, -0.1) is 0 Å². The van der Waals surface area contributed by atoms with Crippen molar-refractivity contribution in [3.8, 4) is 11.5 Å². The Kier molecular flexibility index (Phi) is 8.45. The average molecular weight is 534 g/mol. The molecule has 2 heterocycles. The summed E-state index contributed by atoms with van der Waals surface area (Å²) in [6.07, 6.45) is 1.23. The van der Waals surface area contributed by atoms with E-state index in [9.17, 15) is 19.2 Å². The van der Waals surface area contributed by atoms with E-state index < -0.39 is 29.8 Å². The van der Waals surface area contributed by atoms with E-state index in [1.807, 2.05) is 0 Å². The number of allylic oxidation sites excluding steroid dienone is 1. The first-order valence-electron chi connectivity index (χ1n) is 10.8. The van der Waals surface area contributed by atoms with Gasteiger partial charge in [0.15, 0.2) is 24.0 Å². The van der Waals surface area contributed by atoms with Gasteiger partial charge in [0.05, 0.1) is 60.9 Å². The van der Waals surface area contributed by atoms with Gasteiger partial charge in [0.2, 0.25) is 0 Å². The molecule has 1 aromatic rings. The molecule has 1 aromatic carbocycles. The van der Waals surface area contributed by atoms with Gasteiger partial charge in [-0.1, -0.05) is 0 Å². The molecule has 1 unspecified atom stereocenters. The molecule has 1 atom stereocenters. The van der Waals surface area contributed by atoms with E-state index in [-0.39, 0.29) is 58.1 Å². The maximum absolute atomic E-state index is 13.1. The van der Waals surface area contributed by atoms with Gasteiger partial charge in [0.1, 0.15) is 23.0 Å². The zero-order valence-electron chi connectivity index (χ0n) is 21.7. The fourth-order valence-electron chi connectivity index (χ4n) is 3.93. The molecule has 0 N–H and O–H groups in total. The summed E-state index contributed by atoms with van der Waals surface area (Å²) < 4.78 is 41.6. The van der Waals surface area contributed by atoms with Crippen LogP contribution in [0, 0.1) is 5.92 Å². The maximum atomic E-state index is 13.1. The number of nitrogens with zero attached hydrogens (tertiary/aromatic N) is 2. The van der Waals surface area contributed by atoms with Gasteiger partial charge < -0.3 is 37.9 Å². The zero-order valence-corrected chi connectivity index (χ0v) is 21.7. The predicted octanol–water partition coefficient (Wildman–Crippen LogP) is 1.19. The Hall–Kier alpha value is -4.75. The summed E-state index contributed by atoms with van der Waals surface area (Å²) >= 11 is 0. The topological polar surface area (TPSA) is 158 Å². The molecule has 0 saturated heterocycles. The van der Waals surface area contributed by atoms with Crippen molar-refractivity contribution in [2.45, 2.75) is 0 Å². The molecule has 2 aliphatic heterocycles. The summed E-state index contributed by atoms with van der Waals surface area (Å²) in [6.45, 7) is -0.333. The number of anilines is 1. The van der Waals surface area contributed by atoms with Gasteiger partial charge in [0.25, 0.3) is 5.88 Å². The summed E-state index contributed by atoms with van der Waals surface area (Å²) in [5.74, 6) is -5.31. The van der Waals surface area contributed by atoms with Crippen LogP contribution in [-0.2, 0) is 38.0 Å². The second-order valence-corrected chi connectivity index (χ2v) is 7.46. The molecule has 3 rings (SSSR count). The van der Waals surface area contributed by atoms with Crippen molar-refractivity contribution >= 4 is 35.4 Å². The molecule has 2 aliphatic rings. The lowest BCUT2D eigenvalue weighted by atomic mass is 9.95.